The van der Waals surface area contributed by atoms with Crippen LogP contribution in [0.15, 0.2) is 0 Å². The predicted octanol–water partition coefficient (Wildman–Crippen LogP) is 0.250. The number of piperidine rings is 1. The Morgan fingerprint density at radius 3 is 2.55 bits per heavy atom. The molecule has 3 saturated heterocycles. The van der Waals surface area contributed by atoms with E-state index in [1.54, 1.807) is 20.8 Å². The van der Waals surface area contributed by atoms with Gasteiger partial charge in [0.15, 0.2) is 0 Å². The van der Waals surface area contributed by atoms with Crippen molar-refractivity contribution in [2.45, 2.75) is 70.1 Å². The molecule has 2 unspecified atom stereocenters. The Hall–Kier alpha value is -2.10. The largest absolute Gasteiger partial charge is 0.444 e. The van der Waals surface area contributed by atoms with Gasteiger partial charge in [0, 0.05) is 13.1 Å². The third-order valence-corrected chi connectivity index (χ3v) is 6.06. The maximum absolute atomic E-state index is 12.6. The molecule has 3 rings (SSSR count). The molecule has 0 aromatic rings. The second kappa shape index (κ2) is 9.64. The summed E-state index contributed by atoms with van der Waals surface area (Å²) in [5.74, 6) is -0.513. The molecule has 0 aromatic carbocycles. The number of fused-ring (bicyclic) bond motifs is 2. The zero-order valence-corrected chi connectivity index (χ0v) is 19.6. The van der Waals surface area contributed by atoms with Crippen LogP contribution in [0.5, 0.6) is 0 Å². The normalized spacial score (nSPS) is 27.8. The highest BCUT2D eigenvalue weighted by Gasteiger charge is 2.49. The number of amides is 4. The maximum atomic E-state index is 12.6. The monoisotopic (exact) mass is 488 g/mol. The van der Waals surface area contributed by atoms with Crippen molar-refractivity contribution >= 4 is 36.3 Å². The summed E-state index contributed by atoms with van der Waals surface area (Å²) in [6.45, 7) is 5.79. The summed E-state index contributed by atoms with van der Waals surface area (Å²) < 4.78 is 40.6. The summed E-state index contributed by atoms with van der Waals surface area (Å²) in [6.07, 6.45) is 1.04. The van der Waals surface area contributed by atoms with E-state index < -0.39 is 46.1 Å². The van der Waals surface area contributed by atoms with E-state index in [4.69, 9.17) is 22.0 Å². The van der Waals surface area contributed by atoms with Crippen LogP contribution in [0.4, 0.5) is 9.59 Å². The Morgan fingerprint density at radius 1 is 1.24 bits per heavy atom. The Balaban J connectivity index is 1.54. The lowest BCUT2D eigenvalue weighted by molar-refractivity contribution is -0.140. The van der Waals surface area contributed by atoms with Gasteiger partial charge in [0.1, 0.15) is 11.6 Å². The molecule has 2 N–H and O–H groups in total. The average molecular weight is 488 g/mol. The zero-order chi connectivity index (χ0) is 24.6. The molecule has 3 fully saturated rings. The highest BCUT2D eigenvalue weighted by molar-refractivity contribution is 7.80. The van der Waals surface area contributed by atoms with Crippen molar-refractivity contribution in [1.29, 1.82) is 0 Å². The number of carbonyl (C=O) groups excluding carboxylic acids is 3. The van der Waals surface area contributed by atoms with Gasteiger partial charge in [-0.3, -0.25) is 14.2 Å². The van der Waals surface area contributed by atoms with E-state index in [1.807, 2.05) is 0 Å². The summed E-state index contributed by atoms with van der Waals surface area (Å²) in [6, 6.07) is -2.69. The minimum absolute atomic E-state index is 0.00274. The number of ether oxygens (including phenoxy) is 1. The van der Waals surface area contributed by atoms with E-state index in [-0.39, 0.29) is 31.5 Å². The number of hydrogen-bond acceptors (Lipinski definition) is 8. The molecule has 13 nitrogen and oxygen atoms in total. The summed E-state index contributed by atoms with van der Waals surface area (Å²) in [5.41, 5.74) is 1.66. The third-order valence-electron chi connectivity index (χ3n) is 5.71. The van der Waals surface area contributed by atoms with Gasteiger partial charge in [-0.05, 0) is 46.0 Å². The molecular formula is C18H29BN4O9S. The summed E-state index contributed by atoms with van der Waals surface area (Å²) in [5, 5.41) is 0.563. The molecule has 0 aliphatic carbocycles. The third kappa shape index (κ3) is 6.28. The fourth-order valence-corrected chi connectivity index (χ4v) is 4.66. The van der Waals surface area contributed by atoms with Crippen molar-refractivity contribution < 1.29 is 41.2 Å². The van der Waals surface area contributed by atoms with Crippen LogP contribution in [-0.2, 0) is 29.1 Å². The van der Waals surface area contributed by atoms with Gasteiger partial charge < -0.3 is 14.5 Å². The molecule has 4 amide bonds. The van der Waals surface area contributed by atoms with Crippen LogP contribution in [0.25, 0.3) is 0 Å². The van der Waals surface area contributed by atoms with Crippen LogP contribution >= 0.6 is 0 Å². The van der Waals surface area contributed by atoms with Crippen LogP contribution in [0.2, 0.25) is 6.32 Å². The van der Waals surface area contributed by atoms with Crippen LogP contribution in [0.3, 0.4) is 0 Å². The Bertz CT molecular complexity index is 881. The summed E-state index contributed by atoms with van der Waals surface area (Å²) in [7, 11) is 0.894. The first-order valence-electron chi connectivity index (χ1n) is 10.7. The fourth-order valence-electron chi connectivity index (χ4n) is 4.27. The molecule has 0 aromatic heterocycles. The van der Waals surface area contributed by atoms with E-state index in [0.717, 1.165) is 4.90 Å². The maximum Gasteiger partial charge on any atom is 0.418 e. The molecule has 0 saturated carbocycles. The number of nitrogens with one attached hydrogen (secondary N) is 1. The van der Waals surface area contributed by atoms with Crippen molar-refractivity contribution in [1.82, 2.24) is 20.3 Å². The highest BCUT2D eigenvalue weighted by atomic mass is 32.3. The molecule has 184 valence electrons. The van der Waals surface area contributed by atoms with Gasteiger partial charge in [0.25, 0.3) is 5.91 Å². The quantitative estimate of drug-likeness (QED) is 0.291. The number of hydroxylamine groups is 3. The van der Waals surface area contributed by atoms with Crippen LogP contribution in [0.1, 0.15) is 40.0 Å². The number of likely N-dealkylation sites (tertiary alicyclic amines) is 1. The van der Waals surface area contributed by atoms with Crippen molar-refractivity contribution in [2.75, 3.05) is 19.7 Å². The number of hydrogen-bond donors (Lipinski definition) is 2. The minimum atomic E-state index is -4.87. The van der Waals surface area contributed by atoms with Crippen LogP contribution in [0, 0.1) is 5.92 Å². The molecule has 2 radical (unpaired) electrons. The molecule has 3 aliphatic heterocycles. The van der Waals surface area contributed by atoms with Crippen molar-refractivity contribution in [3.63, 3.8) is 0 Å². The van der Waals surface area contributed by atoms with Crippen molar-refractivity contribution in [3.8, 4) is 0 Å². The molecule has 3 aliphatic rings. The van der Waals surface area contributed by atoms with Crippen molar-refractivity contribution in [2.24, 2.45) is 5.92 Å². The lowest BCUT2D eigenvalue weighted by Crippen LogP contribution is -2.50. The molecule has 0 spiro atoms. The minimum Gasteiger partial charge on any atom is -0.444 e. The number of rotatable bonds is 7. The Morgan fingerprint density at radius 2 is 1.94 bits per heavy atom. The van der Waals surface area contributed by atoms with Gasteiger partial charge in [-0.15, -0.1) is 4.28 Å². The standard InChI is InChI=1S/C18H29BN4O9S/c1-18(2,3)31-17(26)21-8-11(7-19)6-13(21)10-30-20-15(24)14-5-4-12-9-22(14)16(25)23(12)32-33(27,28)29/h11-14H,4-10H2,1-3H3,(H,20,24)(H,27,28,29)/t11?,12-,13?,14+/m1/s1. The van der Waals surface area contributed by atoms with E-state index in [0.29, 0.717) is 30.8 Å². The van der Waals surface area contributed by atoms with Gasteiger partial charge in [0.2, 0.25) is 0 Å². The summed E-state index contributed by atoms with van der Waals surface area (Å²) in [4.78, 5) is 45.7. The fraction of sp³-hybridized carbons (Fsp3) is 0.833. The Kier molecular flexibility index (Phi) is 7.46. The zero-order valence-electron chi connectivity index (χ0n) is 18.8. The van der Waals surface area contributed by atoms with Gasteiger partial charge in [-0.25, -0.2) is 15.1 Å². The smallest absolute Gasteiger partial charge is 0.418 e. The van der Waals surface area contributed by atoms with Gasteiger partial charge in [-0.2, -0.15) is 13.5 Å². The Labute approximate surface area is 193 Å². The topological polar surface area (TPSA) is 155 Å². The molecule has 3 heterocycles. The second-order valence-electron chi connectivity index (χ2n) is 9.41. The molecule has 4 atom stereocenters. The lowest BCUT2D eigenvalue weighted by Gasteiger charge is -2.30. The number of carbonyl (C=O) groups is 3. The van der Waals surface area contributed by atoms with E-state index in [9.17, 15) is 22.8 Å². The van der Waals surface area contributed by atoms with Gasteiger partial charge in [0.05, 0.1) is 26.5 Å². The van der Waals surface area contributed by atoms with Crippen molar-refractivity contribution in [3.05, 3.63) is 0 Å². The summed E-state index contributed by atoms with van der Waals surface area (Å²) >= 11 is 0. The van der Waals surface area contributed by atoms with Gasteiger partial charge >= 0.3 is 22.5 Å². The number of urea groups is 1. The predicted molar refractivity (Wildman–Crippen MR) is 113 cm³/mol. The van der Waals surface area contributed by atoms with E-state index in [1.165, 1.54) is 4.90 Å². The first-order chi connectivity index (χ1) is 15.3. The van der Waals surface area contributed by atoms with Crippen LogP contribution < -0.4 is 5.48 Å². The molecule has 33 heavy (non-hydrogen) atoms. The first kappa shape index (κ1) is 25.5. The van der Waals surface area contributed by atoms with E-state index in [2.05, 4.69) is 9.76 Å². The van der Waals surface area contributed by atoms with Crippen LogP contribution in [-0.4, -0.2) is 97.1 Å². The van der Waals surface area contributed by atoms with Gasteiger partial charge in [-0.1, -0.05) is 6.32 Å². The highest BCUT2D eigenvalue weighted by Crippen LogP contribution is 2.31. The average Bonchev–Trinajstić information content (AvgIpc) is 3.21. The lowest BCUT2D eigenvalue weighted by atomic mass is 9.89. The molecule has 15 heteroatoms. The van der Waals surface area contributed by atoms with E-state index >= 15 is 0 Å². The number of nitrogens with zero attached hydrogens (tertiary/aromatic N) is 3. The molecular weight excluding hydrogens is 459 g/mol. The first-order valence-corrected chi connectivity index (χ1v) is 12.0. The second-order valence-corrected chi connectivity index (χ2v) is 10.4. The molecule has 2 bridgehead atoms. The SMILES string of the molecule is [B]CC1CC(CONC(=O)[C@@H]2CC[C@@H]3CN2C(=O)N3OS(=O)(=O)O)N(C(=O)OC(C)(C)C)C1.